The average molecular weight is 375 g/mol. The van der Waals surface area contributed by atoms with Gasteiger partial charge in [0, 0.05) is 29.4 Å². The Kier molecular flexibility index (Phi) is 5.06. The molecule has 0 saturated carbocycles. The molecule has 116 valence electrons. The summed E-state index contributed by atoms with van der Waals surface area (Å²) in [6, 6.07) is 4.90. The number of carbonyl (C=O) groups excluding carboxylic acids is 1. The summed E-state index contributed by atoms with van der Waals surface area (Å²) in [6.45, 7) is 1.80. The minimum atomic E-state index is -3.37. The maximum absolute atomic E-state index is 12.5. The van der Waals surface area contributed by atoms with Gasteiger partial charge in [0.05, 0.1) is 4.90 Å². The summed E-state index contributed by atoms with van der Waals surface area (Å²) >= 11 is 3.22. The van der Waals surface area contributed by atoms with Gasteiger partial charge >= 0.3 is 0 Å². The van der Waals surface area contributed by atoms with Crippen LogP contribution in [0.1, 0.15) is 23.2 Å². The van der Waals surface area contributed by atoms with E-state index < -0.39 is 9.84 Å². The first-order valence-electron chi connectivity index (χ1n) is 6.78. The Morgan fingerprint density at radius 2 is 1.95 bits per heavy atom. The molecule has 1 aromatic carbocycles. The number of carbonyl (C=O) groups is 1. The Balaban J connectivity index is 2.27. The fourth-order valence-corrected chi connectivity index (χ4v) is 4.38. The SMILES string of the molecule is CN(C(=O)c1ccc(Br)c(S(C)(=O)=O)c1)C1CCNCC1. The molecule has 7 heteroatoms. The second-order valence-corrected chi connectivity index (χ2v) is 8.15. The van der Waals surface area contributed by atoms with Gasteiger partial charge in [0.2, 0.25) is 0 Å². The molecule has 0 aromatic heterocycles. The van der Waals surface area contributed by atoms with Gasteiger partial charge in [-0.3, -0.25) is 4.79 Å². The van der Waals surface area contributed by atoms with Gasteiger partial charge < -0.3 is 10.2 Å². The number of benzene rings is 1. The topological polar surface area (TPSA) is 66.5 Å². The molecule has 1 aliphatic heterocycles. The number of sulfone groups is 1. The number of amides is 1. The van der Waals surface area contributed by atoms with Crippen LogP contribution in [-0.4, -0.2) is 51.7 Å². The van der Waals surface area contributed by atoms with Crippen LogP contribution < -0.4 is 5.32 Å². The van der Waals surface area contributed by atoms with E-state index in [4.69, 9.17) is 0 Å². The van der Waals surface area contributed by atoms with Crippen molar-refractivity contribution in [2.45, 2.75) is 23.8 Å². The predicted octanol–water partition coefficient (Wildman–Crippen LogP) is 1.68. The highest BCUT2D eigenvalue weighted by molar-refractivity contribution is 9.10. The van der Waals surface area contributed by atoms with E-state index in [1.165, 1.54) is 6.07 Å². The lowest BCUT2D eigenvalue weighted by Gasteiger charge is -2.31. The van der Waals surface area contributed by atoms with Crippen LogP contribution in [0.4, 0.5) is 0 Å². The summed E-state index contributed by atoms with van der Waals surface area (Å²) in [5.74, 6) is -0.140. The van der Waals surface area contributed by atoms with Crippen LogP contribution in [0.3, 0.4) is 0 Å². The predicted molar refractivity (Wildman–Crippen MR) is 85.2 cm³/mol. The second-order valence-electron chi connectivity index (χ2n) is 5.31. The number of piperidine rings is 1. The van der Waals surface area contributed by atoms with Crippen molar-refractivity contribution in [3.63, 3.8) is 0 Å². The van der Waals surface area contributed by atoms with Crippen LogP contribution in [0.2, 0.25) is 0 Å². The van der Waals surface area contributed by atoms with Crippen molar-refractivity contribution >= 4 is 31.7 Å². The molecule has 0 unspecified atom stereocenters. The van der Waals surface area contributed by atoms with Crippen LogP contribution >= 0.6 is 15.9 Å². The fraction of sp³-hybridized carbons (Fsp3) is 0.500. The second kappa shape index (κ2) is 6.46. The average Bonchev–Trinajstić information content (AvgIpc) is 2.46. The summed E-state index contributed by atoms with van der Waals surface area (Å²) < 4.78 is 24.0. The Bertz CT molecular complexity index is 640. The third-order valence-corrected chi connectivity index (χ3v) is 5.85. The third kappa shape index (κ3) is 3.84. The number of nitrogens with one attached hydrogen (secondary N) is 1. The zero-order valence-electron chi connectivity index (χ0n) is 12.1. The molecule has 21 heavy (non-hydrogen) atoms. The largest absolute Gasteiger partial charge is 0.339 e. The monoisotopic (exact) mass is 374 g/mol. The summed E-state index contributed by atoms with van der Waals surface area (Å²) in [7, 11) is -1.59. The Morgan fingerprint density at radius 3 is 2.52 bits per heavy atom. The van der Waals surface area contributed by atoms with Crippen LogP contribution in [0.25, 0.3) is 0 Å². The zero-order chi connectivity index (χ0) is 15.6. The first-order valence-corrected chi connectivity index (χ1v) is 9.46. The number of halogens is 1. The van der Waals surface area contributed by atoms with E-state index in [1.807, 2.05) is 0 Å². The lowest BCUT2D eigenvalue weighted by Crippen LogP contribution is -2.44. The van der Waals surface area contributed by atoms with Gasteiger partial charge in [-0.25, -0.2) is 8.42 Å². The van der Waals surface area contributed by atoms with Crippen LogP contribution in [-0.2, 0) is 9.84 Å². The molecule has 2 rings (SSSR count). The molecule has 1 aromatic rings. The molecule has 0 aliphatic carbocycles. The van der Waals surface area contributed by atoms with Crippen LogP contribution in [0.15, 0.2) is 27.6 Å². The van der Waals surface area contributed by atoms with Gasteiger partial charge in [-0.1, -0.05) is 0 Å². The van der Waals surface area contributed by atoms with Gasteiger partial charge in [0.15, 0.2) is 9.84 Å². The lowest BCUT2D eigenvalue weighted by molar-refractivity contribution is 0.0703. The standard InChI is InChI=1S/C14H19BrN2O3S/c1-17(11-5-7-16-8-6-11)14(18)10-3-4-12(15)13(9-10)21(2,19)20/h3-4,9,11,16H,5-8H2,1-2H3. The maximum atomic E-state index is 12.5. The maximum Gasteiger partial charge on any atom is 0.253 e. The minimum Gasteiger partial charge on any atom is -0.339 e. The van der Waals surface area contributed by atoms with E-state index in [1.54, 1.807) is 24.1 Å². The van der Waals surface area contributed by atoms with Gasteiger partial charge in [-0.05, 0) is 60.1 Å². The molecule has 0 atom stereocenters. The molecule has 0 radical (unpaired) electrons. The van der Waals surface area contributed by atoms with E-state index in [-0.39, 0.29) is 16.8 Å². The number of nitrogens with zero attached hydrogens (tertiary/aromatic N) is 1. The summed E-state index contributed by atoms with van der Waals surface area (Å²) in [5.41, 5.74) is 0.402. The molecule has 1 aliphatic rings. The zero-order valence-corrected chi connectivity index (χ0v) is 14.5. The van der Waals surface area contributed by atoms with Crippen LogP contribution in [0.5, 0.6) is 0 Å². The van der Waals surface area contributed by atoms with E-state index >= 15 is 0 Å². The van der Waals surface area contributed by atoms with Crippen molar-refractivity contribution in [1.82, 2.24) is 10.2 Å². The summed E-state index contributed by atoms with van der Waals surface area (Å²) in [6.07, 6.45) is 2.97. The third-order valence-electron chi connectivity index (χ3n) is 3.75. The molecule has 1 N–H and O–H groups in total. The van der Waals surface area contributed by atoms with Gasteiger partial charge in [-0.2, -0.15) is 0 Å². The van der Waals surface area contributed by atoms with Crippen molar-refractivity contribution in [3.8, 4) is 0 Å². The summed E-state index contributed by atoms with van der Waals surface area (Å²) in [4.78, 5) is 14.4. The molecule has 0 spiro atoms. The fourth-order valence-electron chi connectivity index (χ4n) is 2.48. The molecular formula is C14H19BrN2O3S. The highest BCUT2D eigenvalue weighted by atomic mass is 79.9. The highest BCUT2D eigenvalue weighted by Crippen LogP contribution is 2.24. The van der Waals surface area contributed by atoms with Crippen LogP contribution in [0, 0.1) is 0 Å². The molecule has 0 bridgehead atoms. The molecule has 1 amide bonds. The van der Waals surface area contributed by atoms with Crippen molar-refractivity contribution in [2.75, 3.05) is 26.4 Å². The van der Waals surface area contributed by atoms with E-state index in [2.05, 4.69) is 21.2 Å². The molecule has 1 heterocycles. The lowest BCUT2D eigenvalue weighted by atomic mass is 10.0. The van der Waals surface area contributed by atoms with Gasteiger partial charge in [0.1, 0.15) is 0 Å². The highest BCUT2D eigenvalue weighted by Gasteiger charge is 2.24. The Morgan fingerprint density at radius 1 is 1.33 bits per heavy atom. The number of hydrogen-bond acceptors (Lipinski definition) is 4. The van der Waals surface area contributed by atoms with Crippen molar-refractivity contribution in [1.29, 1.82) is 0 Å². The molecule has 5 nitrogen and oxygen atoms in total. The first kappa shape index (κ1) is 16.5. The van der Waals surface area contributed by atoms with Crippen molar-refractivity contribution < 1.29 is 13.2 Å². The molecule has 1 fully saturated rings. The van der Waals surface area contributed by atoms with Gasteiger partial charge in [-0.15, -0.1) is 0 Å². The number of hydrogen-bond donors (Lipinski definition) is 1. The minimum absolute atomic E-state index is 0.140. The Labute approximate surface area is 133 Å². The molecule has 1 saturated heterocycles. The number of rotatable bonds is 3. The van der Waals surface area contributed by atoms with E-state index in [0.29, 0.717) is 10.0 Å². The van der Waals surface area contributed by atoms with E-state index in [9.17, 15) is 13.2 Å². The summed E-state index contributed by atoms with van der Waals surface area (Å²) in [5, 5.41) is 3.26. The Hall–Kier alpha value is -0.920. The van der Waals surface area contributed by atoms with Crippen molar-refractivity contribution in [2.24, 2.45) is 0 Å². The molecular weight excluding hydrogens is 356 g/mol. The van der Waals surface area contributed by atoms with Crippen molar-refractivity contribution in [3.05, 3.63) is 28.2 Å². The smallest absolute Gasteiger partial charge is 0.253 e. The normalized spacial score (nSPS) is 16.7. The van der Waals surface area contributed by atoms with Gasteiger partial charge in [0.25, 0.3) is 5.91 Å². The van der Waals surface area contributed by atoms with E-state index in [0.717, 1.165) is 32.2 Å². The quantitative estimate of drug-likeness (QED) is 0.873. The first-order chi connectivity index (χ1) is 9.80.